The predicted octanol–water partition coefficient (Wildman–Crippen LogP) is 2.75. The Balaban J connectivity index is 1.49. The van der Waals surface area contributed by atoms with Crippen molar-refractivity contribution in [3.05, 3.63) is 36.2 Å². The fraction of sp³-hybridized carbons (Fsp3) is 0.478. The standard InChI is InChI=1S/C23H29FN8O2/c1-23(2,33)13-31-12-16(10-26-31)30-7-5-4-6-14(11-30)20-28-21-17-8-15(24)9-18(34-3)19(17)27-22(25)32(21)29-20/h8-10,12,14,33H,4-7,11,13H2,1-3H3,(H2,25,27)/t14-/m1/s1. The lowest BCUT2D eigenvalue weighted by molar-refractivity contribution is 0.0577. The second-order valence-corrected chi connectivity index (χ2v) is 9.53. The number of methoxy groups -OCH3 is 1. The van der Waals surface area contributed by atoms with Gasteiger partial charge in [-0.25, -0.2) is 14.4 Å². The molecule has 5 rings (SSSR count). The van der Waals surface area contributed by atoms with Gasteiger partial charge >= 0.3 is 0 Å². The zero-order chi connectivity index (χ0) is 24.0. The summed E-state index contributed by atoms with van der Waals surface area (Å²) in [6.45, 7) is 5.55. The van der Waals surface area contributed by atoms with Crippen molar-refractivity contribution < 1.29 is 14.2 Å². The topological polar surface area (TPSA) is 120 Å². The molecule has 4 heterocycles. The molecule has 0 unspecified atom stereocenters. The van der Waals surface area contributed by atoms with E-state index in [1.54, 1.807) is 18.5 Å². The smallest absolute Gasteiger partial charge is 0.223 e. The minimum Gasteiger partial charge on any atom is -0.494 e. The van der Waals surface area contributed by atoms with Gasteiger partial charge in [-0.3, -0.25) is 4.68 Å². The molecule has 0 amide bonds. The largest absolute Gasteiger partial charge is 0.494 e. The van der Waals surface area contributed by atoms with Crippen LogP contribution >= 0.6 is 0 Å². The van der Waals surface area contributed by atoms with Gasteiger partial charge in [0.05, 0.1) is 36.5 Å². The number of nitrogens with two attached hydrogens (primary N) is 1. The molecule has 34 heavy (non-hydrogen) atoms. The van der Waals surface area contributed by atoms with Crippen molar-refractivity contribution in [2.24, 2.45) is 0 Å². The van der Waals surface area contributed by atoms with Crippen molar-refractivity contribution in [3.63, 3.8) is 0 Å². The van der Waals surface area contributed by atoms with Gasteiger partial charge in [-0.15, -0.1) is 5.10 Å². The summed E-state index contributed by atoms with van der Waals surface area (Å²) in [5.41, 5.74) is 7.26. The summed E-state index contributed by atoms with van der Waals surface area (Å²) in [7, 11) is 1.47. The predicted molar refractivity (Wildman–Crippen MR) is 127 cm³/mol. The summed E-state index contributed by atoms with van der Waals surface area (Å²) >= 11 is 0. The summed E-state index contributed by atoms with van der Waals surface area (Å²) in [5.74, 6) is 0.748. The van der Waals surface area contributed by atoms with E-state index < -0.39 is 11.4 Å². The van der Waals surface area contributed by atoms with Gasteiger partial charge in [0.25, 0.3) is 0 Å². The van der Waals surface area contributed by atoms with E-state index in [4.69, 9.17) is 15.5 Å². The molecule has 0 saturated carbocycles. The van der Waals surface area contributed by atoms with Crippen molar-refractivity contribution >= 4 is 28.2 Å². The van der Waals surface area contributed by atoms with Crippen LogP contribution in [-0.4, -0.2) is 60.3 Å². The number of rotatable bonds is 5. The lowest BCUT2D eigenvalue weighted by Crippen LogP contribution is -2.28. The Kier molecular flexibility index (Phi) is 5.51. The van der Waals surface area contributed by atoms with Gasteiger partial charge in [0, 0.05) is 31.3 Å². The van der Waals surface area contributed by atoms with Crippen LogP contribution in [0.5, 0.6) is 5.75 Å². The number of anilines is 2. The maximum atomic E-state index is 14.2. The number of aliphatic hydroxyl groups is 1. The highest BCUT2D eigenvalue weighted by Gasteiger charge is 2.26. The quantitative estimate of drug-likeness (QED) is 0.459. The van der Waals surface area contributed by atoms with Crippen LogP contribution in [0.3, 0.4) is 0 Å². The van der Waals surface area contributed by atoms with Gasteiger partial charge in [-0.05, 0) is 32.8 Å². The number of hydrogen-bond acceptors (Lipinski definition) is 8. The van der Waals surface area contributed by atoms with E-state index >= 15 is 0 Å². The Morgan fingerprint density at radius 3 is 2.85 bits per heavy atom. The summed E-state index contributed by atoms with van der Waals surface area (Å²) < 4.78 is 22.8. The third-order valence-corrected chi connectivity index (χ3v) is 6.14. The van der Waals surface area contributed by atoms with Crippen molar-refractivity contribution in [2.45, 2.75) is 51.2 Å². The van der Waals surface area contributed by atoms with Gasteiger partial charge in [-0.2, -0.15) is 9.61 Å². The Hall–Kier alpha value is -3.47. The van der Waals surface area contributed by atoms with Crippen LogP contribution in [0.4, 0.5) is 16.0 Å². The van der Waals surface area contributed by atoms with Crippen LogP contribution in [0.15, 0.2) is 24.5 Å². The average molecular weight is 469 g/mol. The minimum atomic E-state index is -0.843. The van der Waals surface area contributed by atoms with Crippen LogP contribution in [0.2, 0.25) is 0 Å². The Morgan fingerprint density at radius 1 is 1.26 bits per heavy atom. The molecular weight excluding hydrogens is 439 g/mol. The highest BCUT2D eigenvalue weighted by molar-refractivity contribution is 5.95. The monoisotopic (exact) mass is 468 g/mol. The molecule has 1 fully saturated rings. The van der Waals surface area contributed by atoms with Crippen molar-refractivity contribution in [2.75, 3.05) is 30.8 Å². The van der Waals surface area contributed by atoms with Crippen LogP contribution < -0.4 is 15.4 Å². The molecule has 3 aromatic heterocycles. The number of ether oxygens (including phenoxy) is 1. The molecule has 1 aliphatic rings. The SMILES string of the molecule is COc1cc(F)cc2c1nc(N)n1nc([C@@H]3CCCCN(c4cnn(CC(C)(C)O)c4)C3)nc21. The highest BCUT2D eigenvalue weighted by atomic mass is 19.1. The molecule has 180 valence electrons. The summed E-state index contributed by atoms with van der Waals surface area (Å²) in [6.07, 6.45) is 6.78. The van der Waals surface area contributed by atoms with Crippen LogP contribution in [0, 0.1) is 5.82 Å². The number of nitrogens with zero attached hydrogens (tertiary/aromatic N) is 7. The first kappa shape index (κ1) is 22.3. The summed E-state index contributed by atoms with van der Waals surface area (Å²) in [5, 5.41) is 19.7. The van der Waals surface area contributed by atoms with Crippen molar-refractivity contribution in [1.29, 1.82) is 0 Å². The molecule has 0 aliphatic carbocycles. The molecule has 1 aliphatic heterocycles. The number of aromatic nitrogens is 6. The summed E-state index contributed by atoms with van der Waals surface area (Å²) in [6, 6.07) is 2.67. The summed E-state index contributed by atoms with van der Waals surface area (Å²) in [4.78, 5) is 11.5. The Labute approximate surface area is 196 Å². The number of halogens is 1. The molecule has 1 saturated heterocycles. The van der Waals surface area contributed by atoms with Gasteiger partial charge in [-0.1, -0.05) is 6.42 Å². The molecule has 3 N–H and O–H groups in total. The molecule has 4 aromatic rings. The maximum Gasteiger partial charge on any atom is 0.223 e. The minimum absolute atomic E-state index is 0.0601. The van der Waals surface area contributed by atoms with E-state index in [0.29, 0.717) is 41.2 Å². The van der Waals surface area contributed by atoms with E-state index in [2.05, 4.69) is 20.1 Å². The molecule has 0 radical (unpaired) electrons. The first-order valence-electron chi connectivity index (χ1n) is 11.4. The van der Waals surface area contributed by atoms with E-state index in [0.717, 1.165) is 31.5 Å². The number of fused-ring (bicyclic) bond motifs is 3. The van der Waals surface area contributed by atoms with Crippen LogP contribution in [-0.2, 0) is 6.54 Å². The first-order valence-corrected chi connectivity index (χ1v) is 11.4. The third kappa shape index (κ3) is 4.23. The molecule has 11 heteroatoms. The van der Waals surface area contributed by atoms with Gasteiger partial charge in [0.1, 0.15) is 17.1 Å². The van der Waals surface area contributed by atoms with Gasteiger partial charge in [0.15, 0.2) is 11.5 Å². The lowest BCUT2D eigenvalue weighted by Gasteiger charge is -2.23. The Morgan fingerprint density at radius 2 is 2.09 bits per heavy atom. The second kappa shape index (κ2) is 8.39. The zero-order valence-electron chi connectivity index (χ0n) is 19.6. The van der Waals surface area contributed by atoms with E-state index in [1.165, 1.54) is 23.8 Å². The lowest BCUT2D eigenvalue weighted by atomic mass is 10.0. The van der Waals surface area contributed by atoms with Gasteiger partial charge in [0.2, 0.25) is 5.95 Å². The van der Waals surface area contributed by atoms with E-state index in [-0.39, 0.29) is 11.9 Å². The zero-order valence-corrected chi connectivity index (χ0v) is 19.6. The molecule has 1 aromatic carbocycles. The second-order valence-electron chi connectivity index (χ2n) is 9.53. The van der Waals surface area contributed by atoms with Crippen molar-refractivity contribution in [3.8, 4) is 5.75 Å². The maximum absolute atomic E-state index is 14.2. The van der Waals surface area contributed by atoms with Crippen LogP contribution in [0.25, 0.3) is 16.6 Å². The van der Waals surface area contributed by atoms with Crippen LogP contribution in [0.1, 0.15) is 44.9 Å². The van der Waals surface area contributed by atoms with E-state index in [9.17, 15) is 9.50 Å². The van der Waals surface area contributed by atoms with E-state index in [1.807, 2.05) is 12.4 Å². The molecule has 10 nitrogen and oxygen atoms in total. The number of hydrogen-bond donors (Lipinski definition) is 2. The van der Waals surface area contributed by atoms with Gasteiger partial charge < -0.3 is 20.5 Å². The molecular formula is C23H29FN8O2. The normalized spacial score (nSPS) is 17.4. The average Bonchev–Trinajstić information content (AvgIpc) is 3.35. The fourth-order valence-electron chi connectivity index (χ4n) is 4.60. The number of nitrogen functional groups attached to an aromatic ring is 1. The first-order chi connectivity index (χ1) is 16.2. The molecule has 0 bridgehead atoms. The van der Waals surface area contributed by atoms with Crippen molar-refractivity contribution in [1.82, 2.24) is 29.4 Å². The number of benzene rings is 1. The molecule has 1 atom stereocenters. The molecule has 0 spiro atoms. The fourth-order valence-corrected chi connectivity index (χ4v) is 4.60. The highest BCUT2D eigenvalue weighted by Crippen LogP contribution is 2.32. The Bertz CT molecular complexity index is 1340. The third-order valence-electron chi connectivity index (χ3n) is 6.14.